The van der Waals surface area contributed by atoms with E-state index in [0.717, 1.165) is 79.9 Å². The molecule has 1 saturated carbocycles. The third-order valence-corrected chi connectivity index (χ3v) is 8.69. The molecular weight excluding hydrogens is 438 g/mol. The SMILES string of the molecule is Cc1nc(C(=O)NC2CCN(CCN3CCCC3)CC2)nc2ccc(N3CC4CCC(C4)C3)nc12. The summed E-state index contributed by atoms with van der Waals surface area (Å²) in [6, 6.07) is 4.28. The monoisotopic (exact) mass is 477 g/mol. The Kier molecular flexibility index (Phi) is 6.58. The quantitative estimate of drug-likeness (QED) is 0.686. The van der Waals surface area contributed by atoms with Crippen LogP contribution in [0.5, 0.6) is 0 Å². The highest BCUT2D eigenvalue weighted by molar-refractivity contribution is 5.93. The fourth-order valence-electron chi connectivity index (χ4n) is 6.66. The predicted octanol–water partition coefficient (Wildman–Crippen LogP) is 2.86. The average Bonchev–Trinajstić information content (AvgIpc) is 3.52. The van der Waals surface area contributed by atoms with Crippen molar-refractivity contribution in [1.29, 1.82) is 0 Å². The lowest BCUT2D eigenvalue weighted by Crippen LogP contribution is -2.46. The topological polar surface area (TPSA) is 77.5 Å². The Hall–Kier alpha value is -2.32. The molecule has 3 saturated heterocycles. The highest BCUT2D eigenvalue weighted by Crippen LogP contribution is 2.38. The number of rotatable bonds is 6. The maximum atomic E-state index is 13.0. The summed E-state index contributed by atoms with van der Waals surface area (Å²) < 4.78 is 0. The van der Waals surface area contributed by atoms with Gasteiger partial charge >= 0.3 is 0 Å². The van der Waals surface area contributed by atoms with Crippen LogP contribution in [0.15, 0.2) is 12.1 Å². The molecule has 2 atom stereocenters. The maximum absolute atomic E-state index is 13.0. The summed E-state index contributed by atoms with van der Waals surface area (Å²) in [7, 11) is 0. The van der Waals surface area contributed by atoms with Crippen LogP contribution in [0.2, 0.25) is 0 Å². The minimum atomic E-state index is -0.165. The molecule has 0 aromatic carbocycles. The van der Waals surface area contributed by atoms with Gasteiger partial charge in [0.25, 0.3) is 5.91 Å². The van der Waals surface area contributed by atoms with E-state index < -0.39 is 0 Å². The van der Waals surface area contributed by atoms with Gasteiger partial charge in [0.15, 0.2) is 0 Å². The molecule has 8 heteroatoms. The molecule has 188 valence electrons. The molecule has 4 aliphatic rings. The second-order valence-corrected chi connectivity index (χ2v) is 11.3. The fraction of sp³-hybridized carbons (Fsp3) is 0.704. The number of amides is 1. The number of nitrogens with zero attached hydrogens (tertiary/aromatic N) is 6. The molecule has 1 amide bonds. The van der Waals surface area contributed by atoms with E-state index in [-0.39, 0.29) is 17.8 Å². The number of fused-ring (bicyclic) bond motifs is 3. The summed E-state index contributed by atoms with van der Waals surface area (Å²) in [5, 5.41) is 3.19. The first-order valence-electron chi connectivity index (χ1n) is 13.8. The van der Waals surface area contributed by atoms with Gasteiger partial charge in [0.2, 0.25) is 5.82 Å². The van der Waals surface area contributed by atoms with Gasteiger partial charge in [-0.05, 0) is 88.9 Å². The van der Waals surface area contributed by atoms with E-state index in [0.29, 0.717) is 0 Å². The highest BCUT2D eigenvalue weighted by atomic mass is 16.2. The Labute approximate surface area is 208 Å². The number of pyridine rings is 1. The average molecular weight is 478 g/mol. The number of hydrogen-bond acceptors (Lipinski definition) is 7. The predicted molar refractivity (Wildman–Crippen MR) is 138 cm³/mol. The van der Waals surface area contributed by atoms with Crippen molar-refractivity contribution in [2.75, 3.05) is 57.3 Å². The van der Waals surface area contributed by atoms with Crippen LogP contribution in [0, 0.1) is 18.8 Å². The second-order valence-electron chi connectivity index (χ2n) is 11.3. The fourth-order valence-corrected chi connectivity index (χ4v) is 6.66. The van der Waals surface area contributed by atoms with E-state index in [4.69, 9.17) is 4.98 Å². The number of aryl methyl sites for hydroxylation is 1. The van der Waals surface area contributed by atoms with E-state index >= 15 is 0 Å². The lowest BCUT2D eigenvalue weighted by Gasteiger charge is -2.33. The first-order valence-corrected chi connectivity index (χ1v) is 13.8. The molecule has 0 spiro atoms. The number of anilines is 1. The standard InChI is InChI=1S/C27H39N7O/c1-19-25-23(6-7-24(31-25)34-17-20-4-5-21(16-20)18-34)30-26(28-19)27(35)29-22-8-12-33(13-9-22)15-14-32-10-2-3-11-32/h6-7,20-22H,2-5,8-18H2,1H3,(H,29,35). The van der Waals surface area contributed by atoms with Crippen LogP contribution in [0.4, 0.5) is 5.82 Å². The Morgan fingerprint density at radius 1 is 0.914 bits per heavy atom. The summed E-state index contributed by atoms with van der Waals surface area (Å²) in [4.78, 5) is 34.6. The Bertz CT molecular complexity index is 1050. The molecule has 2 aromatic rings. The van der Waals surface area contributed by atoms with E-state index in [1.54, 1.807) is 0 Å². The zero-order valence-corrected chi connectivity index (χ0v) is 21.1. The Morgan fingerprint density at radius 2 is 1.60 bits per heavy atom. The molecule has 1 aliphatic carbocycles. The molecule has 2 unspecified atom stereocenters. The van der Waals surface area contributed by atoms with Gasteiger partial charge in [-0.1, -0.05) is 0 Å². The van der Waals surface area contributed by atoms with Crippen LogP contribution < -0.4 is 10.2 Å². The first kappa shape index (κ1) is 23.1. The number of carbonyl (C=O) groups excluding carboxylic acids is 1. The van der Waals surface area contributed by atoms with Gasteiger partial charge in [0.05, 0.1) is 11.2 Å². The van der Waals surface area contributed by atoms with Crippen molar-refractivity contribution >= 4 is 22.8 Å². The van der Waals surface area contributed by atoms with Crippen molar-refractivity contribution in [3.8, 4) is 0 Å². The zero-order valence-electron chi connectivity index (χ0n) is 21.1. The molecule has 8 nitrogen and oxygen atoms in total. The molecular formula is C27H39N7O. The number of likely N-dealkylation sites (tertiary alicyclic amines) is 2. The number of aromatic nitrogens is 3. The van der Waals surface area contributed by atoms with Gasteiger partial charge in [0, 0.05) is 45.3 Å². The molecule has 5 heterocycles. The van der Waals surface area contributed by atoms with Crippen molar-refractivity contribution in [1.82, 2.24) is 30.1 Å². The highest BCUT2D eigenvalue weighted by Gasteiger charge is 2.33. The molecule has 6 rings (SSSR count). The number of hydrogen-bond donors (Lipinski definition) is 1. The van der Waals surface area contributed by atoms with Crippen LogP contribution in [0.3, 0.4) is 0 Å². The number of piperidine rings is 2. The van der Waals surface area contributed by atoms with E-state index in [2.05, 4.69) is 36.1 Å². The lowest BCUT2D eigenvalue weighted by atomic mass is 9.99. The number of carbonyl (C=O) groups is 1. The van der Waals surface area contributed by atoms with Gasteiger partial charge < -0.3 is 20.0 Å². The summed E-state index contributed by atoms with van der Waals surface area (Å²) in [5.41, 5.74) is 2.34. The molecule has 2 aromatic heterocycles. The van der Waals surface area contributed by atoms with Gasteiger partial charge in [0.1, 0.15) is 11.3 Å². The first-order chi connectivity index (χ1) is 17.1. The van der Waals surface area contributed by atoms with Gasteiger partial charge in [-0.2, -0.15) is 0 Å². The summed E-state index contributed by atoms with van der Waals surface area (Å²) in [5.74, 6) is 2.74. The van der Waals surface area contributed by atoms with Crippen LogP contribution in [-0.2, 0) is 0 Å². The van der Waals surface area contributed by atoms with Crippen molar-refractivity contribution < 1.29 is 4.79 Å². The molecule has 2 bridgehead atoms. The van der Waals surface area contributed by atoms with Gasteiger partial charge in [-0.15, -0.1) is 0 Å². The Morgan fingerprint density at radius 3 is 2.31 bits per heavy atom. The minimum Gasteiger partial charge on any atom is -0.356 e. The van der Waals surface area contributed by atoms with Crippen molar-refractivity contribution in [3.63, 3.8) is 0 Å². The molecule has 3 aliphatic heterocycles. The van der Waals surface area contributed by atoms with Gasteiger partial charge in [-0.25, -0.2) is 15.0 Å². The summed E-state index contributed by atoms with van der Waals surface area (Å²) in [6.07, 6.45) is 8.76. The molecule has 35 heavy (non-hydrogen) atoms. The zero-order chi connectivity index (χ0) is 23.8. The van der Waals surface area contributed by atoms with Crippen LogP contribution >= 0.6 is 0 Å². The Balaban J connectivity index is 1.06. The summed E-state index contributed by atoms with van der Waals surface area (Å²) in [6.45, 7) is 11.1. The van der Waals surface area contributed by atoms with E-state index in [1.165, 1.54) is 51.7 Å². The molecule has 4 fully saturated rings. The van der Waals surface area contributed by atoms with Crippen LogP contribution in [-0.4, -0.2) is 89.1 Å². The minimum absolute atomic E-state index is 0.165. The lowest BCUT2D eigenvalue weighted by molar-refractivity contribution is 0.0897. The maximum Gasteiger partial charge on any atom is 0.289 e. The van der Waals surface area contributed by atoms with E-state index in [9.17, 15) is 4.79 Å². The molecule has 1 N–H and O–H groups in total. The smallest absolute Gasteiger partial charge is 0.289 e. The third kappa shape index (κ3) is 5.14. The van der Waals surface area contributed by atoms with Gasteiger partial charge in [-0.3, -0.25) is 4.79 Å². The number of nitrogens with one attached hydrogen (secondary N) is 1. The second kappa shape index (κ2) is 9.97. The summed E-state index contributed by atoms with van der Waals surface area (Å²) >= 11 is 0. The normalized spacial score (nSPS) is 26.0. The van der Waals surface area contributed by atoms with E-state index in [1.807, 2.05) is 13.0 Å². The van der Waals surface area contributed by atoms with Crippen LogP contribution in [0.25, 0.3) is 11.0 Å². The van der Waals surface area contributed by atoms with Crippen LogP contribution in [0.1, 0.15) is 61.3 Å². The largest absolute Gasteiger partial charge is 0.356 e. The van der Waals surface area contributed by atoms with Crippen molar-refractivity contribution in [2.45, 2.75) is 57.9 Å². The third-order valence-electron chi connectivity index (χ3n) is 8.69. The van der Waals surface area contributed by atoms with Crippen molar-refractivity contribution in [2.24, 2.45) is 11.8 Å². The van der Waals surface area contributed by atoms with Crippen molar-refractivity contribution in [3.05, 3.63) is 23.7 Å². The molecule has 0 radical (unpaired) electrons.